The summed E-state index contributed by atoms with van der Waals surface area (Å²) in [7, 11) is 0. The van der Waals surface area contributed by atoms with Crippen LogP contribution in [-0.4, -0.2) is 15.1 Å². The van der Waals surface area contributed by atoms with Gasteiger partial charge in [-0.2, -0.15) is 5.10 Å². The van der Waals surface area contributed by atoms with Crippen molar-refractivity contribution in [1.29, 1.82) is 0 Å². The van der Waals surface area contributed by atoms with Crippen molar-refractivity contribution >= 4 is 11.5 Å². The number of benzene rings is 1. The Balaban J connectivity index is 2.52. The highest BCUT2D eigenvalue weighted by Crippen LogP contribution is 2.28. The first-order valence-corrected chi connectivity index (χ1v) is 5.21. The average Bonchev–Trinajstić information content (AvgIpc) is 2.70. The summed E-state index contributed by atoms with van der Waals surface area (Å²) in [6.07, 6.45) is 0.723. The number of nitro groups is 1. The zero-order valence-electron chi connectivity index (χ0n) is 9.30. The quantitative estimate of drug-likeness (QED) is 0.625. The second kappa shape index (κ2) is 4.25. The van der Waals surface area contributed by atoms with E-state index in [4.69, 9.17) is 5.73 Å². The minimum atomic E-state index is -0.422. The second-order valence-corrected chi connectivity index (χ2v) is 3.62. The molecule has 88 valence electrons. The minimum absolute atomic E-state index is 0.0534. The number of aromatic amines is 1. The van der Waals surface area contributed by atoms with Crippen molar-refractivity contribution in [2.24, 2.45) is 0 Å². The van der Waals surface area contributed by atoms with E-state index in [0.29, 0.717) is 5.82 Å². The third kappa shape index (κ3) is 1.96. The van der Waals surface area contributed by atoms with Gasteiger partial charge in [0.15, 0.2) is 0 Å². The molecule has 0 aliphatic carbocycles. The fourth-order valence-corrected chi connectivity index (χ4v) is 1.75. The highest BCUT2D eigenvalue weighted by molar-refractivity contribution is 5.69. The first kappa shape index (κ1) is 11.1. The van der Waals surface area contributed by atoms with Crippen LogP contribution in [0.1, 0.15) is 12.5 Å². The molecule has 17 heavy (non-hydrogen) atoms. The van der Waals surface area contributed by atoms with Gasteiger partial charge in [-0.25, -0.2) is 0 Å². The smallest absolute Gasteiger partial charge is 0.270 e. The molecule has 1 aromatic carbocycles. The third-order valence-corrected chi connectivity index (χ3v) is 2.60. The molecule has 3 N–H and O–H groups in total. The van der Waals surface area contributed by atoms with E-state index in [2.05, 4.69) is 10.2 Å². The lowest BCUT2D eigenvalue weighted by molar-refractivity contribution is -0.384. The van der Waals surface area contributed by atoms with Gasteiger partial charge in [-0.3, -0.25) is 15.2 Å². The lowest BCUT2D eigenvalue weighted by Gasteiger charge is -2.01. The summed E-state index contributed by atoms with van der Waals surface area (Å²) in [6.45, 7) is 1.96. The van der Waals surface area contributed by atoms with Gasteiger partial charge in [0.05, 0.1) is 10.6 Å². The largest absolute Gasteiger partial charge is 0.382 e. The molecule has 0 radical (unpaired) electrons. The molecular weight excluding hydrogens is 220 g/mol. The molecule has 6 heteroatoms. The van der Waals surface area contributed by atoms with Crippen molar-refractivity contribution in [3.05, 3.63) is 39.9 Å². The zero-order chi connectivity index (χ0) is 12.4. The van der Waals surface area contributed by atoms with Gasteiger partial charge in [0.25, 0.3) is 5.69 Å². The molecule has 0 spiro atoms. The lowest BCUT2D eigenvalue weighted by atomic mass is 10.1. The van der Waals surface area contributed by atoms with E-state index in [9.17, 15) is 10.1 Å². The Morgan fingerprint density at radius 2 is 2.29 bits per heavy atom. The molecule has 6 nitrogen and oxygen atoms in total. The maximum absolute atomic E-state index is 10.7. The normalized spacial score (nSPS) is 10.4. The number of anilines is 1. The Kier molecular flexibility index (Phi) is 2.78. The summed E-state index contributed by atoms with van der Waals surface area (Å²) >= 11 is 0. The maximum Gasteiger partial charge on any atom is 0.270 e. The molecule has 0 saturated carbocycles. The standard InChI is InChI=1S/C11H12N4O2/c1-2-9-10(13-14-11(9)12)7-4-3-5-8(6-7)15(16)17/h3-6H,2H2,1H3,(H3,12,13,14). The number of rotatable bonds is 3. The van der Waals surface area contributed by atoms with Crippen molar-refractivity contribution in [3.63, 3.8) is 0 Å². The fourth-order valence-electron chi connectivity index (χ4n) is 1.75. The predicted octanol–water partition coefficient (Wildman–Crippen LogP) is 2.13. The van der Waals surface area contributed by atoms with Crippen molar-refractivity contribution in [1.82, 2.24) is 10.2 Å². The summed E-state index contributed by atoms with van der Waals surface area (Å²) in [5.41, 5.74) is 8.11. The molecule has 1 heterocycles. The fraction of sp³-hybridized carbons (Fsp3) is 0.182. The zero-order valence-corrected chi connectivity index (χ0v) is 9.30. The summed E-state index contributed by atoms with van der Waals surface area (Å²) in [5, 5.41) is 17.4. The molecule has 0 aliphatic rings. The average molecular weight is 232 g/mol. The van der Waals surface area contributed by atoms with Crippen molar-refractivity contribution in [3.8, 4) is 11.3 Å². The molecule has 0 amide bonds. The van der Waals surface area contributed by atoms with Gasteiger partial charge in [-0.15, -0.1) is 0 Å². The highest BCUT2D eigenvalue weighted by atomic mass is 16.6. The summed E-state index contributed by atoms with van der Waals surface area (Å²) < 4.78 is 0. The second-order valence-electron chi connectivity index (χ2n) is 3.62. The van der Waals surface area contributed by atoms with Gasteiger partial charge in [-0.1, -0.05) is 19.1 Å². The Morgan fingerprint density at radius 3 is 2.94 bits per heavy atom. The van der Waals surface area contributed by atoms with E-state index in [0.717, 1.165) is 23.2 Å². The molecule has 0 saturated heterocycles. The van der Waals surface area contributed by atoms with Crippen LogP contribution in [0.3, 0.4) is 0 Å². The van der Waals surface area contributed by atoms with Gasteiger partial charge < -0.3 is 5.73 Å². The summed E-state index contributed by atoms with van der Waals surface area (Å²) in [5.74, 6) is 0.439. The molecule has 0 atom stereocenters. The van der Waals surface area contributed by atoms with Crippen LogP contribution in [0.25, 0.3) is 11.3 Å². The molecular formula is C11H12N4O2. The van der Waals surface area contributed by atoms with Crippen molar-refractivity contribution in [2.45, 2.75) is 13.3 Å². The molecule has 1 aromatic heterocycles. The number of nitrogen functional groups attached to an aromatic ring is 1. The minimum Gasteiger partial charge on any atom is -0.382 e. The number of nitrogens with one attached hydrogen (secondary N) is 1. The number of nitrogens with two attached hydrogens (primary N) is 1. The van der Waals surface area contributed by atoms with E-state index in [1.165, 1.54) is 12.1 Å². The van der Waals surface area contributed by atoms with Crippen LogP contribution in [-0.2, 0) is 6.42 Å². The Morgan fingerprint density at radius 1 is 1.53 bits per heavy atom. The Labute approximate surface area is 97.6 Å². The van der Waals surface area contributed by atoms with Gasteiger partial charge in [0, 0.05) is 23.3 Å². The summed E-state index contributed by atoms with van der Waals surface area (Å²) in [4.78, 5) is 10.3. The Hall–Kier alpha value is -2.37. The van der Waals surface area contributed by atoms with Crippen molar-refractivity contribution in [2.75, 3.05) is 5.73 Å². The number of H-pyrrole nitrogens is 1. The van der Waals surface area contributed by atoms with Gasteiger partial charge in [-0.05, 0) is 6.42 Å². The van der Waals surface area contributed by atoms with Gasteiger partial charge >= 0.3 is 0 Å². The van der Waals surface area contributed by atoms with Gasteiger partial charge in [0.2, 0.25) is 0 Å². The van der Waals surface area contributed by atoms with E-state index >= 15 is 0 Å². The van der Waals surface area contributed by atoms with Crippen LogP contribution < -0.4 is 5.73 Å². The van der Waals surface area contributed by atoms with Crippen LogP contribution in [0, 0.1) is 10.1 Å². The monoisotopic (exact) mass is 232 g/mol. The van der Waals surface area contributed by atoms with Crippen molar-refractivity contribution < 1.29 is 4.92 Å². The van der Waals surface area contributed by atoms with Crippen LogP contribution in [0.4, 0.5) is 11.5 Å². The molecule has 0 fully saturated rings. The molecule has 2 aromatic rings. The predicted molar refractivity (Wildman–Crippen MR) is 64.5 cm³/mol. The summed E-state index contributed by atoms with van der Waals surface area (Å²) in [6, 6.07) is 6.39. The number of nitro benzene ring substituents is 1. The SMILES string of the molecule is CCc1c(N)n[nH]c1-c1cccc([N+](=O)[O-])c1. The van der Waals surface area contributed by atoms with Gasteiger partial charge in [0.1, 0.15) is 5.82 Å². The number of hydrogen-bond acceptors (Lipinski definition) is 4. The first-order valence-electron chi connectivity index (χ1n) is 5.21. The van der Waals surface area contributed by atoms with E-state index in [-0.39, 0.29) is 5.69 Å². The molecule has 0 unspecified atom stereocenters. The van der Waals surface area contributed by atoms with Crippen LogP contribution in [0.15, 0.2) is 24.3 Å². The maximum atomic E-state index is 10.7. The topological polar surface area (TPSA) is 97.8 Å². The van der Waals surface area contributed by atoms with E-state index < -0.39 is 4.92 Å². The molecule has 0 bridgehead atoms. The molecule has 2 rings (SSSR count). The first-order chi connectivity index (χ1) is 8.13. The third-order valence-electron chi connectivity index (χ3n) is 2.60. The van der Waals surface area contributed by atoms with Crippen LogP contribution >= 0.6 is 0 Å². The van der Waals surface area contributed by atoms with E-state index in [1.807, 2.05) is 6.92 Å². The number of hydrogen-bond donors (Lipinski definition) is 2. The van der Waals surface area contributed by atoms with Crippen LogP contribution in [0.5, 0.6) is 0 Å². The number of aromatic nitrogens is 2. The highest BCUT2D eigenvalue weighted by Gasteiger charge is 2.13. The number of non-ortho nitro benzene ring substituents is 1. The van der Waals surface area contributed by atoms with Crippen LogP contribution in [0.2, 0.25) is 0 Å². The lowest BCUT2D eigenvalue weighted by Crippen LogP contribution is -1.92. The van der Waals surface area contributed by atoms with E-state index in [1.54, 1.807) is 12.1 Å². The Bertz CT molecular complexity index is 562. The molecule has 0 aliphatic heterocycles. The number of nitrogens with zero attached hydrogens (tertiary/aromatic N) is 2.